The Bertz CT molecular complexity index is 653. The van der Waals surface area contributed by atoms with E-state index in [1.54, 1.807) is 12.5 Å². The van der Waals surface area contributed by atoms with Gasteiger partial charge in [-0.2, -0.15) is 0 Å². The third-order valence-electron chi connectivity index (χ3n) is 2.81. The summed E-state index contributed by atoms with van der Waals surface area (Å²) < 4.78 is 6.87. The SMILES string of the molecule is O=Cc1cccc2c1ccn2Cc1cnoc1. The summed E-state index contributed by atoms with van der Waals surface area (Å²) in [6.45, 7) is 0.690. The predicted octanol–water partition coefficient (Wildman–Crippen LogP) is 2.49. The normalized spacial score (nSPS) is 10.8. The molecule has 0 amide bonds. The highest BCUT2D eigenvalue weighted by Gasteiger charge is 2.05. The first-order chi connectivity index (χ1) is 8.38. The number of carbonyl (C=O) groups excluding carboxylic acids is 1. The van der Waals surface area contributed by atoms with Crippen molar-refractivity contribution in [3.63, 3.8) is 0 Å². The largest absolute Gasteiger partial charge is 0.364 e. The van der Waals surface area contributed by atoms with E-state index in [1.165, 1.54) is 0 Å². The van der Waals surface area contributed by atoms with Gasteiger partial charge in [0.25, 0.3) is 0 Å². The Morgan fingerprint density at radius 1 is 1.35 bits per heavy atom. The molecule has 0 radical (unpaired) electrons. The van der Waals surface area contributed by atoms with Crippen molar-refractivity contribution < 1.29 is 9.32 Å². The lowest BCUT2D eigenvalue weighted by atomic mass is 10.1. The third kappa shape index (κ3) is 1.63. The van der Waals surface area contributed by atoms with Crippen LogP contribution in [0.2, 0.25) is 0 Å². The summed E-state index contributed by atoms with van der Waals surface area (Å²) in [6.07, 6.45) is 6.15. The second-order valence-corrected chi connectivity index (χ2v) is 3.87. The van der Waals surface area contributed by atoms with Crippen molar-refractivity contribution in [2.24, 2.45) is 0 Å². The highest BCUT2D eigenvalue weighted by Crippen LogP contribution is 2.20. The average Bonchev–Trinajstić information content (AvgIpc) is 2.99. The molecular weight excluding hydrogens is 216 g/mol. The quantitative estimate of drug-likeness (QED) is 0.644. The van der Waals surface area contributed by atoms with Gasteiger partial charge in [0.1, 0.15) is 6.26 Å². The molecule has 0 bridgehead atoms. The summed E-state index contributed by atoms with van der Waals surface area (Å²) in [6, 6.07) is 7.65. The molecule has 3 aromatic rings. The molecule has 2 heterocycles. The molecule has 2 aromatic heterocycles. The van der Waals surface area contributed by atoms with Crippen molar-refractivity contribution >= 4 is 17.2 Å². The van der Waals surface area contributed by atoms with E-state index in [4.69, 9.17) is 4.52 Å². The molecule has 0 spiro atoms. The zero-order valence-electron chi connectivity index (χ0n) is 9.04. The summed E-state index contributed by atoms with van der Waals surface area (Å²) in [4.78, 5) is 10.9. The number of hydrogen-bond donors (Lipinski definition) is 0. The van der Waals surface area contributed by atoms with Crippen LogP contribution in [0.15, 0.2) is 47.4 Å². The number of carbonyl (C=O) groups is 1. The van der Waals surface area contributed by atoms with E-state index in [0.29, 0.717) is 12.1 Å². The summed E-state index contributed by atoms with van der Waals surface area (Å²) in [7, 11) is 0. The molecule has 3 rings (SSSR count). The first-order valence-corrected chi connectivity index (χ1v) is 5.30. The van der Waals surface area contributed by atoms with Crippen molar-refractivity contribution in [3.05, 3.63) is 54.0 Å². The van der Waals surface area contributed by atoms with E-state index in [1.807, 2.05) is 30.5 Å². The standard InChI is InChI=1S/C13H10N2O2/c16-8-11-2-1-3-13-12(11)4-5-15(13)7-10-6-14-17-9-10/h1-6,8-9H,7H2. The first kappa shape index (κ1) is 9.84. The molecule has 84 valence electrons. The maximum atomic E-state index is 10.9. The second-order valence-electron chi connectivity index (χ2n) is 3.87. The molecule has 0 saturated carbocycles. The molecule has 0 N–H and O–H groups in total. The molecule has 0 aliphatic carbocycles. The molecule has 0 aliphatic heterocycles. The fraction of sp³-hybridized carbons (Fsp3) is 0.0769. The lowest BCUT2D eigenvalue weighted by Gasteiger charge is -2.03. The minimum atomic E-state index is 0.690. The van der Waals surface area contributed by atoms with E-state index in [0.717, 1.165) is 22.8 Å². The van der Waals surface area contributed by atoms with E-state index >= 15 is 0 Å². The highest BCUT2D eigenvalue weighted by molar-refractivity contribution is 5.97. The van der Waals surface area contributed by atoms with Crippen LogP contribution in [0.5, 0.6) is 0 Å². The van der Waals surface area contributed by atoms with Gasteiger partial charge in [0, 0.05) is 28.2 Å². The van der Waals surface area contributed by atoms with Crippen molar-refractivity contribution in [2.75, 3.05) is 0 Å². The maximum absolute atomic E-state index is 10.9. The number of rotatable bonds is 3. The Balaban J connectivity index is 2.09. The van der Waals surface area contributed by atoms with Gasteiger partial charge in [-0.1, -0.05) is 17.3 Å². The number of benzene rings is 1. The first-order valence-electron chi connectivity index (χ1n) is 5.30. The topological polar surface area (TPSA) is 48.0 Å². The van der Waals surface area contributed by atoms with Crippen LogP contribution in [0.3, 0.4) is 0 Å². The van der Waals surface area contributed by atoms with Crippen LogP contribution in [-0.2, 0) is 6.54 Å². The van der Waals surface area contributed by atoms with Gasteiger partial charge in [-0.25, -0.2) is 0 Å². The summed E-state index contributed by atoms with van der Waals surface area (Å²) in [5.41, 5.74) is 2.75. The van der Waals surface area contributed by atoms with Crippen molar-refractivity contribution in [1.82, 2.24) is 9.72 Å². The van der Waals surface area contributed by atoms with E-state index in [2.05, 4.69) is 9.72 Å². The van der Waals surface area contributed by atoms with Gasteiger partial charge in [-0.3, -0.25) is 4.79 Å². The zero-order valence-corrected chi connectivity index (χ0v) is 9.04. The maximum Gasteiger partial charge on any atom is 0.150 e. The number of aldehydes is 1. The van der Waals surface area contributed by atoms with Gasteiger partial charge in [-0.05, 0) is 12.1 Å². The predicted molar refractivity (Wildman–Crippen MR) is 62.9 cm³/mol. The average molecular weight is 226 g/mol. The van der Waals surface area contributed by atoms with Crippen molar-refractivity contribution in [2.45, 2.75) is 6.54 Å². The molecular formula is C13H10N2O2. The molecule has 17 heavy (non-hydrogen) atoms. The molecule has 0 aliphatic rings. The summed E-state index contributed by atoms with van der Waals surface area (Å²) in [5, 5.41) is 4.64. The Morgan fingerprint density at radius 3 is 3.06 bits per heavy atom. The zero-order chi connectivity index (χ0) is 11.7. The van der Waals surface area contributed by atoms with Crippen LogP contribution in [0.25, 0.3) is 10.9 Å². The minimum Gasteiger partial charge on any atom is -0.364 e. The Labute approximate surface area is 97.4 Å². The molecule has 0 saturated heterocycles. The number of nitrogens with zero attached hydrogens (tertiary/aromatic N) is 2. The number of fused-ring (bicyclic) bond motifs is 1. The lowest BCUT2D eigenvalue weighted by Crippen LogP contribution is -1.96. The fourth-order valence-corrected chi connectivity index (χ4v) is 1.99. The van der Waals surface area contributed by atoms with Gasteiger partial charge >= 0.3 is 0 Å². The van der Waals surface area contributed by atoms with Crippen LogP contribution in [0.1, 0.15) is 15.9 Å². The summed E-state index contributed by atoms with van der Waals surface area (Å²) >= 11 is 0. The van der Waals surface area contributed by atoms with Gasteiger partial charge in [-0.15, -0.1) is 0 Å². The van der Waals surface area contributed by atoms with Gasteiger partial charge in [0.15, 0.2) is 6.29 Å². The number of aromatic nitrogens is 2. The van der Waals surface area contributed by atoms with Crippen molar-refractivity contribution in [1.29, 1.82) is 0 Å². The van der Waals surface area contributed by atoms with E-state index in [9.17, 15) is 4.79 Å². The fourth-order valence-electron chi connectivity index (χ4n) is 1.99. The second kappa shape index (κ2) is 3.90. The highest BCUT2D eigenvalue weighted by atomic mass is 16.5. The summed E-state index contributed by atoms with van der Waals surface area (Å²) in [5.74, 6) is 0. The molecule has 4 heteroatoms. The van der Waals surface area contributed by atoms with E-state index < -0.39 is 0 Å². The minimum absolute atomic E-state index is 0.690. The lowest BCUT2D eigenvalue weighted by molar-refractivity contribution is 0.112. The van der Waals surface area contributed by atoms with Crippen LogP contribution >= 0.6 is 0 Å². The van der Waals surface area contributed by atoms with Crippen LogP contribution in [-0.4, -0.2) is 16.0 Å². The Hall–Kier alpha value is -2.36. The molecule has 0 atom stereocenters. The molecule has 0 unspecified atom stereocenters. The number of hydrogen-bond acceptors (Lipinski definition) is 3. The van der Waals surface area contributed by atoms with Crippen molar-refractivity contribution in [3.8, 4) is 0 Å². The monoisotopic (exact) mass is 226 g/mol. The molecule has 0 fully saturated rings. The van der Waals surface area contributed by atoms with Gasteiger partial charge < -0.3 is 9.09 Å². The third-order valence-corrected chi connectivity index (χ3v) is 2.81. The molecule has 1 aromatic carbocycles. The van der Waals surface area contributed by atoms with Crippen LogP contribution in [0, 0.1) is 0 Å². The Kier molecular flexibility index (Phi) is 2.26. The Morgan fingerprint density at radius 2 is 2.29 bits per heavy atom. The molecule has 4 nitrogen and oxygen atoms in total. The van der Waals surface area contributed by atoms with Gasteiger partial charge in [0.05, 0.1) is 12.7 Å². The van der Waals surface area contributed by atoms with Crippen LogP contribution < -0.4 is 0 Å². The van der Waals surface area contributed by atoms with E-state index in [-0.39, 0.29) is 0 Å². The van der Waals surface area contributed by atoms with Gasteiger partial charge in [0.2, 0.25) is 0 Å². The smallest absolute Gasteiger partial charge is 0.150 e. The van der Waals surface area contributed by atoms with Crippen LogP contribution in [0.4, 0.5) is 0 Å².